The van der Waals surface area contributed by atoms with Gasteiger partial charge in [-0.1, -0.05) is 0 Å². The van der Waals surface area contributed by atoms with Gasteiger partial charge in [0.1, 0.15) is 0 Å². The van der Waals surface area contributed by atoms with Crippen molar-refractivity contribution in [3.05, 3.63) is 0 Å². The number of hydrogen-bond donors (Lipinski definition) is 2. The molecule has 0 aromatic carbocycles. The van der Waals surface area contributed by atoms with Crippen molar-refractivity contribution in [2.45, 2.75) is 12.8 Å². The lowest BCUT2D eigenvalue weighted by Gasteiger charge is -2.08. The van der Waals surface area contributed by atoms with E-state index in [9.17, 15) is 4.79 Å². The first kappa shape index (κ1) is 33.1. The number of hydrogen-bond acceptors (Lipinski definition) is 11. The lowest BCUT2D eigenvalue weighted by atomic mass is 10.3. The molecule has 12 heteroatoms. The monoisotopic (exact) mass is 499 g/mol. The SMILES string of the molecule is NCCOCCOCCOCCOCCOCCOCCOCCOCCOCCCC(=O)O. The maximum Gasteiger partial charge on any atom is 0.303 e. The zero-order valence-corrected chi connectivity index (χ0v) is 20.5. The van der Waals surface area contributed by atoms with Crippen LogP contribution in [0.1, 0.15) is 12.8 Å². The van der Waals surface area contributed by atoms with Gasteiger partial charge in [0.25, 0.3) is 0 Å². The van der Waals surface area contributed by atoms with E-state index in [1.165, 1.54) is 0 Å². The molecule has 34 heavy (non-hydrogen) atoms. The maximum absolute atomic E-state index is 10.3. The van der Waals surface area contributed by atoms with E-state index in [0.29, 0.717) is 132 Å². The molecule has 0 rings (SSSR count). The molecular formula is C22H45NO11. The Balaban J connectivity index is 3.01. The largest absolute Gasteiger partial charge is 0.481 e. The molecular weight excluding hydrogens is 454 g/mol. The summed E-state index contributed by atoms with van der Waals surface area (Å²) in [4.78, 5) is 10.3. The lowest BCUT2D eigenvalue weighted by molar-refractivity contribution is -0.137. The Morgan fingerprint density at radius 2 is 0.676 bits per heavy atom. The molecule has 0 saturated carbocycles. The molecule has 0 amide bonds. The minimum atomic E-state index is -0.809. The first-order valence-corrected chi connectivity index (χ1v) is 11.9. The van der Waals surface area contributed by atoms with Crippen LogP contribution in [0.3, 0.4) is 0 Å². The van der Waals surface area contributed by atoms with Gasteiger partial charge >= 0.3 is 5.97 Å². The molecule has 0 spiro atoms. The van der Waals surface area contributed by atoms with Gasteiger partial charge in [-0.3, -0.25) is 4.79 Å². The molecule has 0 saturated heterocycles. The van der Waals surface area contributed by atoms with E-state index in [1.54, 1.807) is 0 Å². The van der Waals surface area contributed by atoms with Gasteiger partial charge in [-0.25, -0.2) is 0 Å². The number of aliphatic carboxylic acids is 1. The quantitative estimate of drug-likeness (QED) is 0.128. The minimum Gasteiger partial charge on any atom is -0.481 e. The highest BCUT2D eigenvalue weighted by Crippen LogP contribution is 1.90. The zero-order valence-electron chi connectivity index (χ0n) is 20.5. The molecule has 12 nitrogen and oxygen atoms in total. The van der Waals surface area contributed by atoms with Crippen molar-refractivity contribution in [1.82, 2.24) is 0 Å². The van der Waals surface area contributed by atoms with E-state index in [2.05, 4.69) is 0 Å². The molecule has 204 valence electrons. The van der Waals surface area contributed by atoms with Crippen LogP contribution in [0.4, 0.5) is 0 Å². The number of carboxylic acid groups (broad SMARTS) is 1. The highest BCUT2D eigenvalue weighted by molar-refractivity contribution is 5.66. The third kappa shape index (κ3) is 31.1. The number of rotatable bonds is 30. The second-order valence-corrected chi connectivity index (χ2v) is 6.80. The molecule has 0 unspecified atom stereocenters. The summed E-state index contributed by atoms with van der Waals surface area (Å²) in [7, 11) is 0. The van der Waals surface area contributed by atoms with Crippen molar-refractivity contribution in [3.8, 4) is 0 Å². The molecule has 0 aliphatic carbocycles. The number of carbonyl (C=O) groups is 1. The van der Waals surface area contributed by atoms with Crippen LogP contribution in [0.25, 0.3) is 0 Å². The molecule has 0 aromatic rings. The first-order valence-electron chi connectivity index (χ1n) is 11.9. The molecule has 3 N–H and O–H groups in total. The van der Waals surface area contributed by atoms with E-state index in [0.717, 1.165) is 0 Å². The average molecular weight is 500 g/mol. The summed E-state index contributed by atoms with van der Waals surface area (Å²) in [6.45, 7) is 9.56. The van der Waals surface area contributed by atoms with Crippen LogP contribution >= 0.6 is 0 Å². The van der Waals surface area contributed by atoms with Gasteiger partial charge in [-0.15, -0.1) is 0 Å². The molecule has 0 atom stereocenters. The summed E-state index contributed by atoms with van der Waals surface area (Å²) >= 11 is 0. The van der Waals surface area contributed by atoms with E-state index >= 15 is 0 Å². The fourth-order valence-electron chi connectivity index (χ4n) is 2.27. The number of nitrogens with two attached hydrogens (primary N) is 1. The summed E-state index contributed by atoms with van der Waals surface area (Å²) in [6, 6.07) is 0. The van der Waals surface area contributed by atoms with Crippen LogP contribution in [0.15, 0.2) is 0 Å². The number of carboxylic acids is 1. The van der Waals surface area contributed by atoms with Crippen LogP contribution in [-0.2, 0) is 47.4 Å². The van der Waals surface area contributed by atoms with Crippen LogP contribution < -0.4 is 5.73 Å². The predicted molar refractivity (Wildman–Crippen MR) is 123 cm³/mol. The Kier molecular flexibility index (Phi) is 29.3. The zero-order chi connectivity index (χ0) is 24.8. The topological polar surface area (TPSA) is 146 Å². The Morgan fingerprint density at radius 3 is 0.912 bits per heavy atom. The van der Waals surface area contributed by atoms with E-state index in [-0.39, 0.29) is 6.42 Å². The van der Waals surface area contributed by atoms with E-state index in [4.69, 9.17) is 53.5 Å². The highest BCUT2D eigenvalue weighted by atomic mass is 16.6. The van der Waals surface area contributed by atoms with Crippen LogP contribution in [0, 0.1) is 0 Å². The fourth-order valence-corrected chi connectivity index (χ4v) is 2.27. The third-order valence-electron chi connectivity index (χ3n) is 3.92. The summed E-state index contributed by atoms with van der Waals surface area (Å²) in [5.41, 5.74) is 5.31. The Labute approximate surface area is 203 Å². The summed E-state index contributed by atoms with van der Waals surface area (Å²) < 4.78 is 48.2. The van der Waals surface area contributed by atoms with Gasteiger partial charge in [-0.05, 0) is 6.42 Å². The Bertz CT molecular complexity index is 405. The summed E-state index contributed by atoms with van der Waals surface area (Å²) in [5.74, 6) is -0.809. The first-order chi connectivity index (χ1) is 16.8. The molecule has 0 heterocycles. The van der Waals surface area contributed by atoms with Crippen molar-refractivity contribution >= 4 is 5.97 Å². The Morgan fingerprint density at radius 1 is 0.441 bits per heavy atom. The van der Waals surface area contributed by atoms with Gasteiger partial charge in [0.2, 0.25) is 0 Å². The molecule has 0 radical (unpaired) electrons. The van der Waals surface area contributed by atoms with Gasteiger partial charge in [0.05, 0.1) is 112 Å². The van der Waals surface area contributed by atoms with Gasteiger partial charge in [0, 0.05) is 19.6 Å². The van der Waals surface area contributed by atoms with Crippen molar-refractivity contribution in [2.75, 3.05) is 125 Å². The molecule has 0 aliphatic rings. The van der Waals surface area contributed by atoms with Gasteiger partial charge in [-0.2, -0.15) is 0 Å². The second-order valence-electron chi connectivity index (χ2n) is 6.80. The van der Waals surface area contributed by atoms with E-state index in [1.807, 2.05) is 0 Å². The smallest absolute Gasteiger partial charge is 0.303 e. The average Bonchev–Trinajstić information content (AvgIpc) is 2.83. The van der Waals surface area contributed by atoms with Crippen LogP contribution in [0.2, 0.25) is 0 Å². The molecule has 0 aliphatic heterocycles. The van der Waals surface area contributed by atoms with Crippen LogP contribution in [0.5, 0.6) is 0 Å². The lowest BCUT2D eigenvalue weighted by Crippen LogP contribution is -2.15. The third-order valence-corrected chi connectivity index (χ3v) is 3.92. The minimum absolute atomic E-state index is 0.124. The normalized spacial score (nSPS) is 11.3. The summed E-state index contributed by atoms with van der Waals surface area (Å²) in [6.07, 6.45) is 0.635. The van der Waals surface area contributed by atoms with Gasteiger partial charge in [0.15, 0.2) is 0 Å². The van der Waals surface area contributed by atoms with Crippen molar-refractivity contribution < 1.29 is 52.5 Å². The van der Waals surface area contributed by atoms with Crippen molar-refractivity contribution in [3.63, 3.8) is 0 Å². The predicted octanol–water partition coefficient (Wildman–Crippen LogP) is -0.0407. The summed E-state index contributed by atoms with van der Waals surface area (Å²) in [5, 5.41) is 8.49. The second kappa shape index (κ2) is 30.1. The number of ether oxygens (including phenoxy) is 9. The fraction of sp³-hybridized carbons (Fsp3) is 0.955. The van der Waals surface area contributed by atoms with Crippen molar-refractivity contribution in [2.24, 2.45) is 5.73 Å². The maximum atomic E-state index is 10.3. The standard InChI is InChI=1S/C22H45NO11/c23-3-5-27-7-9-29-11-13-31-15-17-33-19-21-34-20-18-32-16-14-30-12-10-28-8-6-26-4-1-2-22(24)25/h1-21,23H2,(H,24,25). The highest BCUT2D eigenvalue weighted by Gasteiger charge is 1.97. The molecule has 0 fully saturated rings. The van der Waals surface area contributed by atoms with E-state index < -0.39 is 5.97 Å². The molecule has 0 bridgehead atoms. The van der Waals surface area contributed by atoms with Gasteiger partial charge < -0.3 is 53.5 Å². The van der Waals surface area contributed by atoms with Crippen LogP contribution in [-0.4, -0.2) is 137 Å². The molecule has 0 aromatic heterocycles. The van der Waals surface area contributed by atoms with Crippen molar-refractivity contribution in [1.29, 1.82) is 0 Å². The Hall–Kier alpha value is -0.930.